The van der Waals surface area contributed by atoms with E-state index in [-0.39, 0.29) is 11.8 Å². The third kappa shape index (κ3) is 4.29. The van der Waals surface area contributed by atoms with Crippen molar-refractivity contribution >= 4 is 57.6 Å². The van der Waals surface area contributed by atoms with E-state index < -0.39 is 0 Å². The van der Waals surface area contributed by atoms with Crippen molar-refractivity contribution in [2.75, 3.05) is 17.3 Å². The van der Waals surface area contributed by atoms with Gasteiger partial charge >= 0.3 is 0 Å². The van der Waals surface area contributed by atoms with Crippen LogP contribution in [0.3, 0.4) is 0 Å². The maximum atomic E-state index is 13.5. The standard InChI is InChI=1S/C24H20N4O3S2/c1-15(29)25-16-9-11-17(12-10-16)26-24-28(14-18-6-5-13-31-18)22(30)21(33-24)23-27(2)19-7-3-4-8-20(19)32-23/h3-13H,14H2,1-2H3,(H,25,29)/b23-21-,26-24?. The molecule has 0 unspecified atom stereocenters. The van der Waals surface area contributed by atoms with Gasteiger partial charge in [-0.15, -0.1) is 0 Å². The maximum Gasteiger partial charge on any atom is 0.269 e. The second kappa shape index (κ2) is 8.84. The van der Waals surface area contributed by atoms with E-state index >= 15 is 0 Å². The molecule has 0 aliphatic carbocycles. The molecule has 0 radical (unpaired) electrons. The summed E-state index contributed by atoms with van der Waals surface area (Å²) in [4.78, 5) is 35.0. The lowest BCUT2D eigenvalue weighted by atomic mass is 10.3. The minimum absolute atomic E-state index is 0.104. The number of fused-ring (bicyclic) bond motifs is 1. The van der Waals surface area contributed by atoms with Gasteiger partial charge in [-0.2, -0.15) is 0 Å². The van der Waals surface area contributed by atoms with Crippen LogP contribution in [0.4, 0.5) is 17.1 Å². The second-order valence-corrected chi connectivity index (χ2v) is 9.47. The molecule has 9 heteroatoms. The number of benzene rings is 2. The number of nitrogens with one attached hydrogen (secondary N) is 1. The summed E-state index contributed by atoms with van der Waals surface area (Å²) in [5, 5.41) is 4.21. The Kier molecular flexibility index (Phi) is 5.74. The number of carbonyl (C=O) groups excluding carboxylic acids is 2. The largest absolute Gasteiger partial charge is 0.467 e. The van der Waals surface area contributed by atoms with E-state index in [1.807, 2.05) is 43.4 Å². The van der Waals surface area contributed by atoms with Crippen LogP contribution in [-0.2, 0) is 16.1 Å². The molecule has 1 fully saturated rings. The van der Waals surface area contributed by atoms with Crippen LogP contribution in [0.15, 0.2) is 91.2 Å². The van der Waals surface area contributed by atoms with Crippen LogP contribution in [0.5, 0.6) is 0 Å². The Bertz CT molecular complexity index is 1280. The molecule has 0 spiro atoms. The van der Waals surface area contributed by atoms with Crippen molar-refractivity contribution in [3.63, 3.8) is 0 Å². The number of amides is 2. The summed E-state index contributed by atoms with van der Waals surface area (Å²) in [6, 6.07) is 18.9. The van der Waals surface area contributed by atoms with Crippen LogP contribution < -0.4 is 10.2 Å². The first-order valence-electron chi connectivity index (χ1n) is 10.2. The summed E-state index contributed by atoms with van der Waals surface area (Å²) >= 11 is 2.95. The summed E-state index contributed by atoms with van der Waals surface area (Å²) < 4.78 is 5.50. The number of amidine groups is 1. The molecule has 1 saturated heterocycles. The van der Waals surface area contributed by atoms with Gasteiger partial charge < -0.3 is 14.6 Å². The fourth-order valence-electron chi connectivity index (χ4n) is 3.55. The van der Waals surface area contributed by atoms with E-state index in [4.69, 9.17) is 9.41 Å². The molecule has 3 heterocycles. The molecule has 2 aromatic carbocycles. The number of hydrogen-bond acceptors (Lipinski definition) is 7. The zero-order chi connectivity index (χ0) is 22.9. The number of nitrogens with zero attached hydrogens (tertiary/aromatic N) is 3. The van der Waals surface area contributed by atoms with E-state index in [0.717, 1.165) is 15.6 Å². The lowest BCUT2D eigenvalue weighted by molar-refractivity contribution is -0.122. The number of carbonyl (C=O) groups is 2. The molecular formula is C24H20N4O3S2. The van der Waals surface area contributed by atoms with E-state index in [2.05, 4.69) is 16.3 Å². The first kappa shape index (κ1) is 21.4. The van der Waals surface area contributed by atoms with Crippen molar-refractivity contribution < 1.29 is 14.0 Å². The molecule has 0 bridgehead atoms. The van der Waals surface area contributed by atoms with E-state index in [0.29, 0.717) is 33.8 Å². The third-order valence-corrected chi connectivity index (χ3v) is 7.53. The zero-order valence-electron chi connectivity index (χ0n) is 17.9. The summed E-state index contributed by atoms with van der Waals surface area (Å²) in [7, 11) is 1.97. The van der Waals surface area contributed by atoms with Gasteiger partial charge in [-0.1, -0.05) is 23.9 Å². The smallest absolute Gasteiger partial charge is 0.269 e. The Morgan fingerprint density at radius 2 is 1.85 bits per heavy atom. The minimum Gasteiger partial charge on any atom is -0.467 e. The van der Waals surface area contributed by atoms with Gasteiger partial charge in [0.15, 0.2) is 5.17 Å². The van der Waals surface area contributed by atoms with Gasteiger partial charge in [0.1, 0.15) is 10.7 Å². The third-order valence-electron chi connectivity index (χ3n) is 5.10. The van der Waals surface area contributed by atoms with Gasteiger partial charge in [0.05, 0.1) is 29.2 Å². The number of aliphatic imine (C=N–C) groups is 1. The number of anilines is 2. The van der Waals surface area contributed by atoms with Crippen LogP contribution in [0.1, 0.15) is 12.7 Å². The van der Waals surface area contributed by atoms with Gasteiger partial charge in [0.2, 0.25) is 5.91 Å². The molecule has 1 aromatic heterocycles. The predicted molar refractivity (Wildman–Crippen MR) is 132 cm³/mol. The highest BCUT2D eigenvalue weighted by Crippen LogP contribution is 2.50. The molecule has 2 aliphatic rings. The highest BCUT2D eigenvalue weighted by molar-refractivity contribution is 8.19. The fourth-order valence-corrected chi connectivity index (χ4v) is 5.89. The first-order chi connectivity index (χ1) is 16.0. The molecule has 2 aliphatic heterocycles. The molecule has 2 amide bonds. The highest BCUT2D eigenvalue weighted by Gasteiger charge is 2.39. The maximum absolute atomic E-state index is 13.5. The first-order valence-corrected chi connectivity index (χ1v) is 11.9. The summed E-state index contributed by atoms with van der Waals surface area (Å²) in [6.45, 7) is 1.76. The van der Waals surface area contributed by atoms with Crippen LogP contribution in [-0.4, -0.2) is 28.9 Å². The molecule has 0 saturated carbocycles. The minimum atomic E-state index is -0.133. The predicted octanol–water partition coefficient (Wildman–Crippen LogP) is 5.41. The molecule has 5 rings (SSSR count). The van der Waals surface area contributed by atoms with Gasteiger partial charge in [-0.3, -0.25) is 14.5 Å². The van der Waals surface area contributed by atoms with E-state index in [1.165, 1.54) is 18.7 Å². The SMILES string of the molecule is CC(=O)Nc1ccc(N=C2S/C(=C3\Sc4ccccc4N3C)C(=O)N2Cc2ccco2)cc1. The quantitative estimate of drug-likeness (QED) is 0.507. The molecule has 1 N–H and O–H groups in total. The Morgan fingerprint density at radius 3 is 2.55 bits per heavy atom. The van der Waals surface area contributed by atoms with Crippen LogP contribution in [0, 0.1) is 0 Å². The van der Waals surface area contributed by atoms with Gasteiger partial charge in [-0.05, 0) is 60.3 Å². The van der Waals surface area contributed by atoms with Crippen molar-refractivity contribution in [1.82, 2.24) is 4.90 Å². The lowest BCUT2D eigenvalue weighted by Crippen LogP contribution is -2.29. The van der Waals surface area contributed by atoms with Crippen LogP contribution >= 0.6 is 23.5 Å². The average molecular weight is 477 g/mol. The van der Waals surface area contributed by atoms with Crippen molar-refractivity contribution in [2.24, 2.45) is 4.99 Å². The van der Waals surface area contributed by atoms with Gasteiger partial charge in [0, 0.05) is 24.6 Å². The van der Waals surface area contributed by atoms with Crippen molar-refractivity contribution in [3.8, 4) is 0 Å². The average Bonchev–Trinajstić information content (AvgIpc) is 3.50. The molecule has 3 aromatic rings. The summed E-state index contributed by atoms with van der Waals surface area (Å²) in [5.74, 6) is 0.442. The molecule has 0 atom stereocenters. The molecule has 166 valence electrons. The van der Waals surface area contributed by atoms with Gasteiger partial charge in [0.25, 0.3) is 5.91 Å². The van der Waals surface area contributed by atoms with Crippen molar-refractivity contribution in [2.45, 2.75) is 18.4 Å². The highest BCUT2D eigenvalue weighted by atomic mass is 32.2. The number of para-hydroxylation sites is 1. The normalized spacial score (nSPS) is 18.8. The summed E-state index contributed by atoms with van der Waals surface area (Å²) in [6.07, 6.45) is 1.59. The monoisotopic (exact) mass is 476 g/mol. The fraction of sp³-hybridized carbons (Fsp3) is 0.125. The van der Waals surface area contributed by atoms with Crippen LogP contribution in [0.2, 0.25) is 0 Å². The Morgan fingerprint density at radius 1 is 1.06 bits per heavy atom. The molecule has 33 heavy (non-hydrogen) atoms. The Labute approximate surface area is 199 Å². The Balaban J connectivity index is 1.50. The number of hydrogen-bond donors (Lipinski definition) is 1. The molecule has 7 nitrogen and oxygen atoms in total. The van der Waals surface area contributed by atoms with E-state index in [1.54, 1.807) is 41.1 Å². The zero-order valence-corrected chi connectivity index (χ0v) is 19.6. The number of furan rings is 1. The topological polar surface area (TPSA) is 78.2 Å². The molecular weight excluding hydrogens is 456 g/mol. The number of rotatable bonds is 4. The van der Waals surface area contributed by atoms with Crippen molar-refractivity contribution in [3.05, 3.63) is 82.6 Å². The van der Waals surface area contributed by atoms with Crippen molar-refractivity contribution in [1.29, 1.82) is 0 Å². The summed E-state index contributed by atoms with van der Waals surface area (Å²) in [5.41, 5.74) is 2.46. The second-order valence-electron chi connectivity index (χ2n) is 7.46. The lowest BCUT2D eigenvalue weighted by Gasteiger charge is -2.15. The van der Waals surface area contributed by atoms with E-state index in [9.17, 15) is 9.59 Å². The van der Waals surface area contributed by atoms with Crippen LogP contribution in [0.25, 0.3) is 0 Å². The number of thioether (sulfide) groups is 2. The Hall–Kier alpha value is -3.43. The van der Waals surface area contributed by atoms with Gasteiger partial charge in [-0.25, -0.2) is 4.99 Å².